The van der Waals surface area contributed by atoms with E-state index in [1.165, 1.54) is 5.69 Å². The molecule has 0 aromatic carbocycles. The van der Waals surface area contributed by atoms with Crippen molar-refractivity contribution in [2.24, 2.45) is 7.05 Å². The highest BCUT2D eigenvalue weighted by atomic mass is 79.9. The quantitative estimate of drug-likeness (QED) is 0.745. The van der Waals surface area contributed by atoms with Crippen molar-refractivity contribution >= 4 is 15.9 Å². The number of alkyl halides is 1. The largest absolute Gasteiger partial charge is 0.383 e. The van der Waals surface area contributed by atoms with Gasteiger partial charge in [-0.2, -0.15) is 5.10 Å². The van der Waals surface area contributed by atoms with E-state index in [2.05, 4.69) is 39.0 Å². The minimum absolute atomic E-state index is 0.372. The smallest absolute Gasteiger partial charge is 0.0600 e. The molecule has 0 aliphatic heterocycles. The van der Waals surface area contributed by atoms with Gasteiger partial charge < -0.3 is 4.74 Å². The Morgan fingerprint density at radius 2 is 2.31 bits per heavy atom. The third kappa shape index (κ3) is 4.23. The van der Waals surface area contributed by atoms with Crippen LogP contribution in [0.25, 0.3) is 0 Å². The lowest BCUT2D eigenvalue weighted by Crippen LogP contribution is -2.28. The Bertz CT molecular complexity index is 327. The topological polar surface area (TPSA) is 30.3 Å². The van der Waals surface area contributed by atoms with E-state index < -0.39 is 0 Å². The van der Waals surface area contributed by atoms with Crippen LogP contribution >= 0.6 is 15.9 Å². The lowest BCUT2D eigenvalue weighted by Gasteiger charge is -2.19. The van der Waals surface area contributed by atoms with E-state index >= 15 is 0 Å². The molecule has 92 valence electrons. The van der Waals surface area contributed by atoms with Gasteiger partial charge in [0.2, 0.25) is 0 Å². The van der Waals surface area contributed by atoms with E-state index in [1.807, 2.05) is 18.7 Å². The molecule has 1 aromatic heterocycles. The molecule has 1 atom stereocenters. The number of ether oxygens (including phenoxy) is 1. The van der Waals surface area contributed by atoms with E-state index in [1.54, 1.807) is 7.11 Å². The fraction of sp³-hybridized carbons (Fsp3) is 0.727. The third-order valence-electron chi connectivity index (χ3n) is 2.39. The van der Waals surface area contributed by atoms with Gasteiger partial charge in [-0.3, -0.25) is 9.58 Å². The SMILES string of the molecule is COCC(Br)CN(C)Cc1cc(C)nn1C. The van der Waals surface area contributed by atoms with Crippen molar-refractivity contribution in [3.8, 4) is 0 Å². The zero-order chi connectivity index (χ0) is 12.1. The second-order valence-electron chi connectivity index (χ2n) is 4.15. The number of halogens is 1. The molecule has 0 aliphatic rings. The summed E-state index contributed by atoms with van der Waals surface area (Å²) in [6.07, 6.45) is 0. The first-order chi connectivity index (χ1) is 7.52. The number of rotatable bonds is 6. The van der Waals surface area contributed by atoms with Crippen molar-refractivity contribution in [3.05, 3.63) is 17.5 Å². The molecule has 1 unspecified atom stereocenters. The van der Waals surface area contributed by atoms with Gasteiger partial charge in [-0.1, -0.05) is 15.9 Å². The number of aryl methyl sites for hydroxylation is 2. The predicted molar refractivity (Wildman–Crippen MR) is 68.9 cm³/mol. The third-order valence-corrected chi connectivity index (χ3v) is 2.94. The monoisotopic (exact) mass is 289 g/mol. The van der Waals surface area contributed by atoms with Crippen LogP contribution in [0.5, 0.6) is 0 Å². The fourth-order valence-corrected chi connectivity index (χ4v) is 2.48. The van der Waals surface area contributed by atoms with Crippen LogP contribution in [0.15, 0.2) is 6.07 Å². The highest BCUT2D eigenvalue weighted by Crippen LogP contribution is 2.08. The van der Waals surface area contributed by atoms with Crippen molar-refractivity contribution in [1.82, 2.24) is 14.7 Å². The molecule has 5 heteroatoms. The minimum atomic E-state index is 0.372. The number of hydrogen-bond acceptors (Lipinski definition) is 3. The highest BCUT2D eigenvalue weighted by molar-refractivity contribution is 9.09. The van der Waals surface area contributed by atoms with Crippen LogP contribution in [0.1, 0.15) is 11.4 Å². The molecule has 0 radical (unpaired) electrons. The molecule has 0 spiro atoms. The zero-order valence-electron chi connectivity index (χ0n) is 10.4. The average molecular weight is 290 g/mol. The first kappa shape index (κ1) is 13.7. The van der Waals surface area contributed by atoms with Gasteiger partial charge in [-0.05, 0) is 20.0 Å². The van der Waals surface area contributed by atoms with Gasteiger partial charge in [0.15, 0.2) is 0 Å². The normalized spacial score (nSPS) is 13.4. The van der Waals surface area contributed by atoms with Crippen LogP contribution in [-0.2, 0) is 18.3 Å². The maximum atomic E-state index is 5.09. The Labute approximate surface area is 106 Å². The number of aromatic nitrogens is 2. The Hall–Kier alpha value is -0.390. The number of nitrogens with zero attached hydrogens (tertiary/aromatic N) is 3. The molecule has 0 amide bonds. The zero-order valence-corrected chi connectivity index (χ0v) is 12.0. The van der Waals surface area contributed by atoms with Crippen LogP contribution in [-0.4, -0.2) is 46.8 Å². The summed E-state index contributed by atoms with van der Waals surface area (Å²) in [6.45, 7) is 4.61. The maximum Gasteiger partial charge on any atom is 0.0600 e. The first-order valence-electron chi connectivity index (χ1n) is 5.34. The molecule has 0 fully saturated rings. The van der Waals surface area contributed by atoms with Crippen molar-refractivity contribution in [3.63, 3.8) is 0 Å². The van der Waals surface area contributed by atoms with E-state index in [4.69, 9.17) is 4.74 Å². The van der Waals surface area contributed by atoms with Gasteiger partial charge in [0.05, 0.1) is 22.8 Å². The van der Waals surface area contributed by atoms with Gasteiger partial charge in [0, 0.05) is 27.2 Å². The summed E-state index contributed by atoms with van der Waals surface area (Å²) in [5, 5.41) is 4.33. The van der Waals surface area contributed by atoms with E-state index in [-0.39, 0.29) is 0 Å². The summed E-state index contributed by atoms with van der Waals surface area (Å²) >= 11 is 3.59. The molecule has 1 aromatic rings. The summed E-state index contributed by atoms with van der Waals surface area (Å²) in [6, 6.07) is 2.12. The molecule has 1 heterocycles. The maximum absolute atomic E-state index is 5.09. The Morgan fingerprint density at radius 1 is 1.62 bits per heavy atom. The summed E-state index contributed by atoms with van der Waals surface area (Å²) in [5.74, 6) is 0. The Morgan fingerprint density at radius 3 is 2.81 bits per heavy atom. The highest BCUT2D eigenvalue weighted by Gasteiger charge is 2.10. The first-order valence-corrected chi connectivity index (χ1v) is 6.25. The van der Waals surface area contributed by atoms with E-state index in [0.29, 0.717) is 4.83 Å². The van der Waals surface area contributed by atoms with E-state index in [9.17, 15) is 0 Å². The molecule has 16 heavy (non-hydrogen) atoms. The Kier molecular flexibility index (Phi) is 5.44. The average Bonchev–Trinajstić information content (AvgIpc) is 2.44. The van der Waals surface area contributed by atoms with Crippen LogP contribution in [0.3, 0.4) is 0 Å². The summed E-state index contributed by atoms with van der Waals surface area (Å²) in [4.78, 5) is 2.63. The number of methoxy groups -OCH3 is 1. The fourth-order valence-electron chi connectivity index (χ4n) is 1.73. The van der Waals surface area contributed by atoms with Crippen LogP contribution in [0, 0.1) is 6.92 Å². The number of hydrogen-bond donors (Lipinski definition) is 0. The van der Waals surface area contributed by atoms with Crippen molar-refractivity contribution in [2.45, 2.75) is 18.3 Å². The standard InChI is InChI=1S/C11H20BrN3O/c1-9-5-11(15(3)13-9)7-14(2)6-10(12)8-16-4/h5,10H,6-8H2,1-4H3. The second kappa shape index (κ2) is 6.37. The second-order valence-corrected chi connectivity index (χ2v) is 5.44. The molecule has 0 N–H and O–H groups in total. The predicted octanol–water partition coefficient (Wildman–Crippen LogP) is 1.57. The van der Waals surface area contributed by atoms with Gasteiger partial charge >= 0.3 is 0 Å². The van der Waals surface area contributed by atoms with Crippen LogP contribution < -0.4 is 0 Å². The van der Waals surface area contributed by atoms with Crippen molar-refractivity contribution < 1.29 is 4.74 Å². The molecule has 0 bridgehead atoms. The summed E-state index contributed by atoms with van der Waals surface area (Å²) in [7, 11) is 5.81. The van der Waals surface area contributed by atoms with Gasteiger partial charge in [-0.25, -0.2) is 0 Å². The summed E-state index contributed by atoms with van der Waals surface area (Å²) < 4.78 is 7.03. The summed E-state index contributed by atoms with van der Waals surface area (Å²) in [5.41, 5.74) is 2.30. The van der Waals surface area contributed by atoms with Gasteiger partial charge in [-0.15, -0.1) is 0 Å². The lowest BCUT2D eigenvalue weighted by molar-refractivity contribution is 0.184. The van der Waals surface area contributed by atoms with Crippen LogP contribution in [0.2, 0.25) is 0 Å². The molecule has 0 saturated heterocycles. The molecular formula is C11H20BrN3O. The molecule has 4 nitrogen and oxygen atoms in total. The Balaban J connectivity index is 2.45. The molecule has 0 saturated carbocycles. The van der Waals surface area contributed by atoms with Gasteiger partial charge in [0.25, 0.3) is 0 Å². The van der Waals surface area contributed by atoms with Gasteiger partial charge in [0.1, 0.15) is 0 Å². The van der Waals surface area contributed by atoms with Crippen molar-refractivity contribution in [2.75, 3.05) is 27.3 Å². The van der Waals surface area contributed by atoms with Crippen LogP contribution in [0.4, 0.5) is 0 Å². The molecular weight excluding hydrogens is 270 g/mol. The molecule has 0 aliphatic carbocycles. The minimum Gasteiger partial charge on any atom is -0.383 e. The molecule has 1 rings (SSSR count). The van der Waals surface area contributed by atoms with Crippen molar-refractivity contribution in [1.29, 1.82) is 0 Å². The van der Waals surface area contributed by atoms with E-state index in [0.717, 1.165) is 25.4 Å². The lowest BCUT2D eigenvalue weighted by atomic mass is 10.3.